The summed E-state index contributed by atoms with van der Waals surface area (Å²) in [5.41, 5.74) is -0.556. The predicted molar refractivity (Wildman–Crippen MR) is 130 cm³/mol. The average Bonchev–Trinajstić information content (AvgIpc) is 3.01. The maximum absolute atomic E-state index is 12.3. The first-order valence-electron chi connectivity index (χ1n) is 11.1. The molecule has 2 amide bonds. The molecule has 2 heterocycles. The van der Waals surface area contributed by atoms with Crippen LogP contribution in [0.4, 0.5) is 21.2 Å². The molecular formula is C22H33BrN6O4. The topological polar surface area (TPSA) is 119 Å². The second-order valence-corrected chi connectivity index (χ2v) is 11.1. The molecule has 3 rings (SSSR count). The van der Waals surface area contributed by atoms with Gasteiger partial charge in [-0.15, -0.1) is 0 Å². The fourth-order valence-electron chi connectivity index (χ4n) is 3.57. The lowest BCUT2D eigenvalue weighted by molar-refractivity contribution is 0.0491. The molecule has 0 spiro atoms. The molecule has 0 saturated heterocycles. The first kappa shape index (κ1) is 25.1. The third-order valence-corrected chi connectivity index (χ3v) is 5.42. The van der Waals surface area contributed by atoms with Gasteiger partial charge in [-0.05, 0) is 83.2 Å². The number of carbonyl (C=O) groups is 2. The maximum Gasteiger partial charge on any atom is 0.413 e. The summed E-state index contributed by atoms with van der Waals surface area (Å²) in [6.45, 7) is 11.0. The van der Waals surface area contributed by atoms with Crippen LogP contribution in [0.5, 0.6) is 0 Å². The number of carbonyl (C=O) groups excluding carboxylic acids is 2. The van der Waals surface area contributed by atoms with E-state index in [2.05, 4.69) is 42.0 Å². The number of fused-ring (bicyclic) bond motifs is 1. The van der Waals surface area contributed by atoms with Gasteiger partial charge in [0.2, 0.25) is 0 Å². The number of hydrogen-bond acceptors (Lipinski definition) is 7. The van der Waals surface area contributed by atoms with E-state index in [4.69, 9.17) is 9.47 Å². The third kappa shape index (κ3) is 7.48. The van der Waals surface area contributed by atoms with E-state index in [9.17, 15) is 9.59 Å². The number of nitrogens with one attached hydrogen (secondary N) is 3. The van der Waals surface area contributed by atoms with Gasteiger partial charge in [0, 0.05) is 18.2 Å². The van der Waals surface area contributed by atoms with Crippen molar-refractivity contribution in [3.8, 4) is 0 Å². The largest absolute Gasteiger partial charge is 0.444 e. The van der Waals surface area contributed by atoms with Gasteiger partial charge in [-0.25, -0.2) is 14.6 Å². The van der Waals surface area contributed by atoms with Crippen molar-refractivity contribution in [1.82, 2.24) is 19.9 Å². The van der Waals surface area contributed by atoms with Gasteiger partial charge >= 0.3 is 12.2 Å². The van der Waals surface area contributed by atoms with E-state index in [-0.39, 0.29) is 18.2 Å². The molecule has 0 aromatic carbocycles. The molecule has 2 aromatic rings. The van der Waals surface area contributed by atoms with Crippen molar-refractivity contribution in [3.63, 3.8) is 0 Å². The lowest BCUT2D eigenvalue weighted by Gasteiger charge is -2.30. The lowest BCUT2D eigenvalue weighted by atomic mass is 9.91. The van der Waals surface area contributed by atoms with Crippen LogP contribution in [0.2, 0.25) is 0 Å². The Morgan fingerprint density at radius 2 is 1.58 bits per heavy atom. The van der Waals surface area contributed by atoms with Crippen LogP contribution in [0.15, 0.2) is 16.7 Å². The molecule has 1 fully saturated rings. The second kappa shape index (κ2) is 9.74. The average molecular weight is 525 g/mol. The summed E-state index contributed by atoms with van der Waals surface area (Å²) >= 11 is 3.46. The van der Waals surface area contributed by atoms with Crippen LogP contribution in [-0.2, 0) is 9.47 Å². The van der Waals surface area contributed by atoms with E-state index in [1.807, 2.05) is 20.8 Å². The molecule has 0 aliphatic heterocycles. The van der Waals surface area contributed by atoms with E-state index in [1.165, 1.54) is 0 Å². The highest BCUT2D eigenvalue weighted by molar-refractivity contribution is 9.10. The number of nitrogens with zero attached hydrogens (tertiary/aromatic N) is 3. The molecule has 2 aromatic heterocycles. The SMILES string of the molecule is CC(C)(C)OC(=O)Nc1cc(N[C@H]2CC[C@@H](NC(=O)OC(C)(C)C)CC2)nc2c(Br)cnn12. The number of halogens is 1. The van der Waals surface area contributed by atoms with Crippen molar-refractivity contribution >= 4 is 45.4 Å². The van der Waals surface area contributed by atoms with Crippen LogP contribution in [0.25, 0.3) is 5.65 Å². The van der Waals surface area contributed by atoms with Crippen molar-refractivity contribution in [1.29, 1.82) is 0 Å². The third-order valence-electron chi connectivity index (χ3n) is 4.86. The number of aromatic nitrogens is 3. The zero-order valence-corrected chi connectivity index (χ0v) is 21.6. The number of ether oxygens (including phenoxy) is 2. The van der Waals surface area contributed by atoms with Crippen LogP contribution in [-0.4, -0.2) is 50.1 Å². The number of anilines is 2. The Hall–Kier alpha value is -2.56. The fourth-order valence-corrected chi connectivity index (χ4v) is 3.92. The second-order valence-electron chi connectivity index (χ2n) is 10.2. The minimum atomic E-state index is -0.617. The van der Waals surface area contributed by atoms with Gasteiger partial charge in [0.05, 0.1) is 10.7 Å². The summed E-state index contributed by atoms with van der Waals surface area (Å²) in [6.07, 6.45) is 4.07. The van der Waals surface area contributed by atoms with E-state index in [0.717, 1.165) is 25.7 Å². The number of amides is 2. The van der Waals surface area contributed by atoms with Gasteiger partial charge in [0.15, 0.2) is 5.65 Å². The zero-order chi connectivity index (χ0) is 24.4. The molecule has 0 atom stereocenters. The van der Waals surface area contributed by atoms with Crippen molar-refractivity contribution in [3.05, 3.63) is 16.7 Å². The van der Waals surface area contributed by atoms with Gasteiger partial charge in [0.25, 0.3) is 0 Å². The van der Waals surface area contributed by atoms with Crippen LogP contribution in [0.3, 0.4) is 0 Å². The molecule has 1 saturated carbocycles. The van der Waals surface area contributed by atoms with Gasteiger partial charge in [-0.2, -0.15) is 9.61 Å². The quantitative estimate of drug-likeness (QED) is 0.509. The number of hydrogen-bond donors (Lipinski definition) is 3. The summed E-state index contributed by atoms with van der Waals surface area (Å²) in [4.78, 5) is 29.0. The first-order valence-corrected chi connectivity index (χ1v) is 11.9. The number of alkyl carbamates (subject to hydrolysis) is 1. The molecule has 0 bridgehead atoms. The molecule has 182 valence electrons. The molecule has 10 nitrogen and oxygen atoms in total. The summed E-state index contributed by atoms with van der Waals surface area (Å²) < 4.78 is 13.0. The van der Waals surface area contributed by atoms with Crippen molar-refractivity contribution in [2.75, 3.05) is 10.6 Å². The van der Waals surface area contributed by atoms with Gasteiger partial charge in [0.1, 0.15) is 22.8 Å². The fraction of sp³-hybridized carbons (Fsp3) is 0.636. The van der Waals surface area contributed by atoms with E-state index < -0.39 is 17.3 Å². The number of rotatable bonds is 4. The van der Waals surface area contributed by atoms with E-state index in [0.29, 0.717) is 21.8 Å². The monoisotopic (exact) mass is 524 g/mol. The van der Waals surface area contributed by atoms with Crippen LogP contribution >= 0.6 is 15.9 Å². The minimum Gasteiger partial charge on any atom is -0.444 e. The summed E-state index contributed by atoms with van der Waals surface area (Å²) in [5.74, 6) is 1.07. The smallest absolute Gasteiger partial charge is 0.413 e. The lowest BCUT2D eigenvalue weighted by Crippen LogP contribution is -2.42. The van der Waals surface area contributed by atoms with Gasteiger partial charge in [-0.1, -0.05) is 0 Å². The standard InChI is InChI=1S/C22H33BrN6O4/c1-21(2,3)32-19(30)26-14-9-7-13(8-10-14)25-16-11-17(28-20(31)33-22(4,5)6)29-18(27-16)15(23)12-24-29/h11-14H,7-10H2,1-6H3,(H,25,27)(H,26,30)(H,28,31)/t13-,14+. The van der Waals surface area contributed by atoms with Gasteiger partial charge < -0.3 is 20.1 Å². The molecule has 3 N–H and O–H groups in total. The highest BCUT2D eigenvalue weighted by atomic mass is 79.9. The Morgan fingerprint density at radius 1 is 1.00 bits per heavy atom. The highest BCUT2D eigenvalue weighted by Gasteiger charge is 2.25. The maximum atomic E-state index is 12.3. The van der Waals surface area contributed by atoms with Crippen molar-refractivity contribution in [2.45, 2.75) is 90.5 Å². The Balaban J connectivity index is 1.64. The normalized spacial score (nSPS) is 19.1. The zero-order valence-electron chi connectivity index (χ0n) is 20.0. The summed E-state index contributed by atoms with van der Waals surface area (Å²) in [5, 5.41) is 13.4. The Kier molecular flexibility index (Phi) is 7.40. The Morgan fingerprint density at radius 3 is 2.18 bits per heavy atom. The Labute approximate surface area is 202 Å². The van der Waals surface area contributed by atoms with E-state index in [1.54, 1.807) is 37.5 Å². The summed E-state index contributed by atoms with van der Waals surface area (Å²) in [7, 11) is 0. The Bertz CT molecular complexity index is 1000. The molecule has 11 heteroatoms. The van der Waals surface area contributed by atoms with Crippen molar-refractivity contribution < 1.29 is 19.1 Å². The van der Waals surface area contributed by atoms with E-state index >= 15 is 0 Å². The molecule has 0 radical (unpaired) electrons. The minimum absolute atomic E-state index is 0.0849. The summed E-state index contributed by atoms with van der Waals surface area (Å²) in [6, 6.07) is 2.01. The first-order chi connectivity index (χ1) is 15.3. The van der Waals surface area contributed by atoms with Crippen LogP contribution in [0, 0.1) is 0 Å². The molecular weight excluding hydrogens is 492 g/mol. The molecule has 1 aliphatic carbocycles. The van der Waals surface area contributed by atoms with Gasteiger partial charge in [-0.3, -0.25) is 5.32 Å². The molecule has 0 unspecified atom stereocenters. The van der Waals surface area contributed by atoms with Crippen LogP contribution in [0.1, 0.15) is 67.2 Å². The predicted octanol–water partition coefficient (Wildman–Crippen LogP) is 5.09. The van der Waals surface area contributed by atoms with Crippen molar-refractivity contribution in [2.24, 2.45) is 0 Å². The van der Waals surface area contributed by atoms with Crippen LogP contribution < -0.4 is 16.0 Å². The molecule has 1 aliphatic rings. The highest BCUT2D eigenvalue weighted by Crippen LogP contribution is 2.26. The molecule has 33 heavy (non-hydrogen) atoms.